The molecule has 0 saturated carbocycles. The standard InChI is InChI=1S/C7H4BrCl2F2N/c8-6-5(10)4(7(11)12)3(1-9)2-13-6/h2,7H,1H2. The first-order valence-corrected chi connectivity index (χ1v) is 4.95. The first-order chi connectivity index (χ1) is 6.07. The largest absolute Gasteiger partial charge is 0.265 e. The predicted molar refractivity (Wildman–Crippen MR) is 51.5 cm³/mol. The Hall–Kier alpha value is 0.0700. The lowest BCUT2D eigenvalue weighted by Crippen LogP contribution is -1.96. The molecule has 0 amide bonds. The lowest BCUT2D eigenvalue weighted by molar-refractivity contribution is 0.150. The molecule has 0 N–H and O–H groups in total. The molecule has 13 heavy (non-hydrogen) atoms. The lowest BCUT2D eigenvalue weighted by atomic mass is 10.2. The van der Waals surface area contributed by atoms with Crippen molar-refractivity contribution in [2.24, 2.45) is 0 Å². The van der Waals surface area contributed by atoms with E-state index in [1.807, 2.05) is 0 Å². The van der Waals surface area contributed by atoms with Crippen LogP contribution in [0.2, 0.25) is 5.02 Å². The molecule has 1 aromatic heterocycles. The highest BCUT2D eigenvalue weighted by Crippen LogP contribution is 2.34. The van der Waals surface area contributed by atoms with E-state index in [4.69, 9.17) is 23.2 Å². The third kappa shape index (κ3) is 2.30. The molecule has 0 saturated heterocycles. The van der Waals surface area contributed by atoms with Crippen LogP contribution < -0.4 is 0 Å². The summed E-state index contributed by atoms with van der Waals surface area (Å²) < 4.78 is 25.1. The Balaban J connectivity index is 3.32. The molecular formula is C7H4BrCl2F2N. The van der Waals surface area contributed by atoms with Gasteiger partial charge in [-0.1, -0.05) is 11.6 Å². The van der Waals surface area contributed by atoms with Gasteiger partial charge >= 0.3 is 0 Å². The second-order valence-corrected chi connectivity index (χ2v) is 3.63. The van der Waals surface area contributed by atoms with E-state index in [0.717, 1.165) is 0 Å². The topological polar surface area (TPSA) is 12.9 Å². The van der Waals surface area contributed by atoms with E-state index in [2.05, 4.69) is 20.9 Å². The van der Waals surface area contributed by atoms with Crippen molar-refractivity contribution in [2.45, 2.75) is 12.3 Å². The fourth-order valence-electron chi connectivity index (χ4n) is 0.855. The summed E-state index contributed by atoms with van der Waals surface area (Å²) in [6, 6.07) is 0. The quantitative estimate of drug-likeness (QED) is 0.588. The van der Waals surface area contributed by atoms with Crippen LogP contribution in [-0.2, 0) is 5.88 Å². The summed E-state index contributed by atoms with van der Waals surface area (Å²) in [6.45, 7) is 0. The van der Waals surface area contributed by atoms with Crippen molar-refractivity contribution < 1.29 is 8.78 Å². The highest BCUT2D eigenvalue weighted by molar-refractivity contribution is 9.10. The van der Waals surface area contributed by atoms with Crippen LogP contribution in [0.1, 0.15) is 17.6 Å². The predicted octanol–water partition coefficient (Wildman–Crippen LogP) is 4.17. The molecule has 1 aromatic rings. The molecule has 0 atom stereocenters. The third-order valence-corrected chi connectivity index (χ3v) is 2.96. The van der Waals surface area contributed by atoms with E-state index >= 15 is 0 Å². The Morgan fingerprint density at radius 1 is 1.54 bits per heavy atom. The average molecular weight is 291 g/mol. The van der Waals surface area contributed by atoms with E-state index in [0.29, 0.717) is 0 Å². The third-order valence-electron chi connectivity index (χ3n) is 1.46. The molecule has 0 aliphatic carbocycles. The Bertz CT molecular complexity index is 320. The SMILES string of the molecule is FC(F)c1c(CCl)cnc(Br)c1Cl. The van der Waals surface area contributed by atoms with Crippen molar-refractivity contribution in [3.63, 3.8) is 0 Å². The van der Waals surface area contributed by atoms with Crippen molar-refractivity contribution in [3.8, 4) is 0 Å². The molecule has 0 radical (unpaired) electrons. The first kappa shape index (κ1) is 11.1. The Morgan fingerprint density at radius 2 is 2.15 bits per heavy atom. The number of pyridine rings is 1. The van der Waals surface area contributed by atoms with Gasteiger partial charge in [-0.25, -0.2) is 13.8 Å². The summed E-state index contributed by atoms with van der Waals surface area (Å²) in [7, 11) is 0. The number of halogens is 5. The van der Waals surface area contributed by atoms with Crippen molar-refractivity contribution in [2.75, 3.05) is 0 Å². The normalized spacial score (nSPS) is 10.9. The summed E-state index contributed by atoms with van der Waals surface area (Å²) in [6.07, 6.45) is -1.36. The van der Waals surface area contributed by atoms with Gasteiger partial charge in [0.2, 0.25) is 0 Å². The zero-order valence-electron chi connectivity index (χ0n) is 6.20. The molecule has 72 valence electrons. The van der Waals surface area contributed by atoms with E-state index in [9.17, 15) is 8.78 Å². The second-order valence-electron chi connectivity index (χ2n) is 2.24. The van der Waals surface area contributed by atoms with Crippen LogP contribution in [0.3, 0.4) is 0 Å². The van der Waals surface area contributed by atoms with E-state index in [1.54, 1.807) is 0 Å². The zero-order valence-corrected chi connectivity index (χ0v) is 9.30. The minimum atomic E-state index is -2.64. The lowest BCUT2D eigenvalue weighted by Gasteiger charge is -2.08. The van der Waals surface area contributed by atoms with Gasteiger partial charge in [-0.3, -0.25) is 0 Å². The highest BCUT2D eigenvalue weighted by Gasteiger charge is 2.19. The number of hydrogen-bond donors (Lipinski definition) is 0. The summed E-state index contributed by atoms with van der Waals surface area (Å²) in [4.78, 5) is 3.76. The minimum absolute atomic E-state index is 0.0281. The van der Waals surface area contributed by atoms with Crippen LogP contribution in [-0.4, -0.2) is 4.98 Å². The zero-order chi connectivity index (χ0) is 10.0. The van der Waals surface area contributed by atoms with Gasteiger partial charge < -0.3 is 0 Å². The molecular weight excluding hydrogens is 287 g/mol. The van der Waals surface area contributed by atoms with Gasteiger partial charge in [0.1, 0.15) is 4.60 Å². The molecule has 0 spiro atoms. The first-order valence-electron chi connectivity index (χ1n) is 3.24. The van der Waals surface area contributed by atoms with Gasteiger partial charge in [-0.2, -0.15) is 0 Å². The van der Waals surface area contributed by atoms with Crippen LogP contribution in [0.5, 0.6) is 0 Å². The highest BCUT2D eigenvalue weighted by atomic mass is 79.9. The summed E-state index contributed by atoms with van der Waals surface area (Å²) in [5.41, 5.74) is 0.00316. The molecule has 0 fully saturated rings. The second kappa shape index (κ2) is 4.53. The smallest absolute Gasteiger partial charge is 0.247 e. The minimum Gasteiger partial charge on any atom is -0.247 e. The molecule has 1 nitrogen and oxygen atoms in total. The maximum Gasteiger partial charge on any atom is 0.265 e. The van der Waals surface area contributed by atoms with Gasteiger partial charge in [0, 0.05) is 17.6 Å². The van der Waals surface area contributed by atoms with Gasteiger partial charge in [-0.15, -0.1) is 11.6 Å². The molecule has 0 aliphatic heterocycles. The maximum absolute atomic E-state index is 12.5. The molecule has 0 aromatic carbocycles. The number of alkyl halides is 3. The van der Waals surface area contributed by atoms with Gasteiger partial charge in [-0.05, 0) is 21.5 Å². The van der Waals surface area contributed by atoms with Crippen LogP contribution in [0, 0.1) is 0 Å². The summed E-state index contributed by atoms with van der Waals surface area (Å²) in [5, 5.41) is -0.0758. The van der Waals surface area contributed by atoms with Crippen LogP contribution in [0.4, 0.5) is 8.78 Å². The molecule has 0 unspecified atom stereocenters. The monoisotopic (exact) mass is 289 g/mol. The number of nitrogens with zero attached hydrogens (tertiary/aromatic N) is 1. The van der Waals surface area contributed by atoms with Crippen LogP contribution in [0.15, 0.2) is 10.8 Å². The molecule has 0 aliphatic rings. The summed E-state index contributed by atoms with van der Waals surface area (Å²) >= 11 is 14.0. The van der Waals surface area contributed by atoms with E-state index in [1.165, 1.54) is 6.20 Å². The maximum atomic E-state index is 12.5. The molecule has 6 heteroatoms. The average Bonchev–Trinajstić information content (AvgIpc) is 2.08. The number of rotatable bonds is 2. The van der Waals surface area contributed by atoms with Crippen molar-refractivity contribution >= 4 is 39.1 Å². The number of hydrogen-bond acceptors (Lipinski definition) is 1. The molecule has 0 bridgehead atoms. The molecule has 1 rings (SSSR count). The van der Waals surface area contributed by atoms with Crippen LogP contribution in [0.25, 0.3) is 0 Å². The number of aromatic nitrogens is 1. The molecule has 1 heterocycles. The Kier molecular flexibility index (Phi) is 3.88. The van der Waals surface area contributed by atoms with E-state index < -0.39 is 6.43 Å². The van der Waals surface area contributed by atoms with Gasteiger partial charge in [0.05, 0.1) is 5.02 Å². The van der Waals surface area contributed by atoms with Gasteiger partial charge in [0.15, 0.2) is 0 Å². The van der Waals surface area contributed by atoms with Crippen molar-refractivity contribution in [3.05, 3.63) is 26.9 Å². The van der Waals surface area contributed by atoms with Crippen molar-refractivity contribution in [1.82, 2.24) is 4.98 Å². The van der Waals surface area contributed by atoms with Gasteiger partial charge in [0.25, 0.3) is 6.43 Å². The summed E-state index contributed by atoms with van der Waals surface area (Å²) in [5.74, 6) is -0.0281. The fourth-order valence-corrected chi connectivity index (χ4v) is 1.64. The fraction of sp³-hybridized carbons (Fsp3) is 0.286. The van der Waals surface area contributed by atoms with Crippen LogP contribution >= 0.6 is 39.1 Å². The Labute approximate surface area is 92.2 Å². The van der Waals surface area contributed by atoms with Crippen molar-refractivity contribution in [1.29, 1.82) is 0 Å². The Morgan fingerprint density at radius 3 is 2.62 bits per heavy atom. The van der Waals surface area contributed by atoms with E-state index in [-0.39, 0.29) is 26.6 Å².